The first-order chi connectivity index (χ1) is 22.4. The summed E-state index contributed by atoms with van der Waals surface area (Å²) in [6.07, 6.45) is 7.43. The lowest BCUT2D eigenvalue weighted by atomic mass is 9.83. The summed E-state index contributed by atoms with van der Waals surface area (Å²) in [6.45, 7) is 0. The molecule has 0 unspecified atom stereocenters. The van der Waals surface area contributed by atoms with Crippen molar-refractivity contribution >= 4 is 31.7 Å². The smallest absolute Gasteiger partial charge is 0.219 e. The van der Waals surface area contributed by atoms with Crippen LogP contribution in [0.2, 0.25) is 0 Å². The minimum absolute atomic E-state index is 0.183. The van der Waals surface area contributed by atoms with Gasteiger partial charge in [-0.3, -0.25) is 0 Å². The lowest BCUT2D eigenvalue weighted by molar-refractivity contribution is -0.259. The number of thiophene rings is 1. The fourth-order valence-electron chi connectivity index (χ4n) is 7.83. The van der Waals surface area contributed by atoms with E-state index in [1.807, 2.05) is 0 Å². The van der Waals surface area contributed by atoms with Crippen molar-refractivity contribution in [2.45, 2.75) is 87.9 Å². The number of alkyl halides is 6. The Labute approximate surface area is 274 Å². The van der Waals surface area contributed by atoms with Gasteiger partial charge in [0.05, 0.1) is 9.81 Å². The number of benzene rings is 2. The minimum Gasteiger partial charge on any atom is -0.219 e. The molecule has 0 atom stereocenters. The Morgan fingerprint density at radius 1 is 0.638 bits per heavy atom. The van der Waals surface area contributed by atoms with Crippen LogP contribution in [0.15, 0.2) is 88.9 Å². The first-order valence-electron chi connectivity index (χ1n) is 16.2. The molecule has 2 saturated carbocycles. The Morgan fingerprint density at radius 3 is 1.72 bits per heavy atom. The average Bonchev–Trinajstić information content (AvgIpc) is 3.65. The molecule has 248 valence electrons. The third-order valence-electron chi connectivity index (χ3n) is 10.2. The predicted molar refractivity (Wildman–Crippen MR) is 174 cm³/mol. The van der Waals surface area contributed by atoms with E-state index in [-0.39, 0.29) is 21.9 Å². The van der Waals surface area contributed by atoms with Gasteiger partial charge in [-0.2, -0.15) is 26.3 Å². The molecule has 3 aromatic rings. The van der Waals surface area contributed by atoms with E-state index in [0.717, 1.165) is 31.8 Å². The average molecular weight is 689 g/mol. The lowest BCUT2D eigenvalue weighted by Crippen LogP contribution is -2.49. The van der Waals surface area contributed by atoms with E-state index in [9.17, 15) is 8.42 Å². The van der Waals surface area contributed by atoms with Crippen molar-refractivity contribution in [1.82, 2.24) is 0 Å². The molecule has 0 saturated heterocycles. The van der Waals surface area contributed by atoms with Crippen molar-refractivity contribution in [3.05, 3.63) is 105 Å². The highest BCUT2D eigenvalue weighted by Gasteiger charge is 2.81. The van der Waals surface area contributed by atoms with Gasteiger partial charge in [0.25, 0.3) is 0 Å². The lowest BCUT2D eigenvalue weighted by Gasteiger charge is -2.27. The summed E-state index contributed by atoms with van der Waals surface area (Å²) < 4.78 is 125. The maximum Gasteiger partial charge on any atom is 0.380 e. The summed E-state index contributed by atoms with van der Waals surface area (Å²) in [5, 5.41) is 0. The third kappa shape index (κ3) is 5.07. The predicted octanol–water partition coefficient (Wildman–Crippen LogP) is 11.4. The molecule has 3 aliphatic carbocycles. The van der Waals surface area contributed by atoms with E-state index in [4.69, 9.17) is 0 Å². The molecule has 0 N–H and O–H groups in total. The van der Waals surface area contributed by atoms with Crippen LogP contribution in [0.5, 0.6) is 0 Å². The third-order valence-corrected chi connectivity index (χ3v) is 13.6. The molecule has 0 amide bonds. The van der Waals surface area contributed by atoms with E-state index in [1.165, 1.54) is 29.5 Å². The molecule has 0 spiro atoms. The van der Waals surface area contributed by atoms with Crippen molar-refractivity contribution in [2.75, 3.05) is 0 Å². The fraction of sp³-hybridized carbons (Fsp3) is 0.405. The molecule has 7 rings (SSSR count). The molecule has 2 fully saturated rings. The zero-order chi connectivity index (χ0) is 33.2. The summed E-state index contributed by atoms with van der Waals surface area (Å²) in [5.41, 5.74) is -3.20. The number of hydrogen-bond donors (Lipinski definition) is 0. The van der Waals surface area contributed by atoms with E-state index >= 15 is 26.3 Å². The normalized spacial score (nSPS) is 24.2. The van der Waals surface area contributed by atoms with Gasteiger partial charge < -0.3 is 0 Å². The van der Waals surface area contributed by atoms with Crippen LogP contribution < -0.4 is 0 Å². The zero-order valence-electron chi connectivity index (χ0n) is 25.6. The van der Waals surface area contributed by atoms with Crippen LogP contribution in [0.3, 0.4) is 0 Å². The van der Waals surface area contributed by atoms with Crippen molar-refractivity contribution in [1.29, 1.82) is 0 Å². The van der Waals surface area contributed by atoms with Gasteiger partial charge in [0.15, 0.2) is 0 Å². The first-order valence-corrected chi connectivity index (χ1v) is 18.5. The van der Waals surface area contributed by atoms with Gasteiger partial charge in [-0.25, -0.2) is 8.42 Å². The van der Waals surface area contributed by atoms with Crippen LogP contribution in [0.4, 0.5) is 26.3 Å². The number of hydrogen-bond acceptors (Lipinski definition) is 3. The Morgan fingerprint density at radius 2 is 1.15 bits per heavy atom. The molecule has 2 heterocycles. The molecular weight excluding hydrogens is 655 g/mol. The van der Waals surface area contributed by atoms with Gasteiger partial charge in [-0.1, -0.05) is 99.2 Å². The van der Waals surface area contributed by atoms with Gasteiger partial charge in [0, 0.05) is 26.5 Å². The molecular formula is C37H34F6O2S2. The van der Waals surface area contributed by atoms with Crippen molar-refractivity contribution in [2.24, 2.45) is 5.92 Å². The molecule has 10 heteroatoms. The second-order valence-corrected chi connectivity index (χ2v) is 16.0. The van der Waals surface area contributed by atoms with Crippen LogP contribution in [-0.4, -0.2) is 26.2 Å². The Kier molecular flexibility index (Phi) is 8.14. The quantitative estimate of drug-likeness (QED) is 0.242. The van der Waals surface area contributed by atoms with Crippen LogP contribution >= 0.6 is 11.3 Å². The Bertz CT molecular complexity index is 1880. The highest BCUT2D eigenvalue weighted by atomic mass is 32.2. The molecule has 47 heavy (non-hydrogen) atoms. The number of rotatable bonds is 6. The molecule has 4 aliphatic rings. The van der Waals surface area contributed by atoms with Crippen molar-refractivity contribution in [3.63, 3.8) is 0 Å². The standard InChI is InChI=1S/C37H34F6O2S2/c38-35(39)31(27-21-29(23-13-5-1-6-14-23)46-33(27)25-17-9-3-10-18-25)32(36(40,41)37(35,42)43)28-22-30(24-15-7-2-8-16-24)47(44,45)34(28)26-19-11-4-12-20-26/h1-2,5-8,13-16,21-22,25-26H,3-4,9-12,17-20H2. The maximum atomic E-state index is 16.4. The zero-order valence-corrected chi connectivity index (χ0v) is 27.2. The number of allylic oxidation sites excluding steroid dienone is 5. The fourth-order valence-corrected chi connectivity index (χ4v) is 11.3. The number of sulfone groups is 1. The summed E-state index contributed by atoms with van der Waals surface area (Å²) in [6, 6.07) is 17.9. The Hall–Kier alpha value is -3.11. The molecule has 1 aromatic heterocycles. The van der Waals surface area contributed by atoms with Gasteiger partial charge in [-0.05, 0) is 66.4 Å². The van der Waals surface area contributed by atoms with Crippen molar-refractivity contribution < 1.29 is 34.8 Å². The second kappa shape index (κ2) is 11.8. The van der Waals surface area contributed by atoms with Crippen LogP contribution in [0.1, 0.15) is 86.1 Å². The van der Waals surface area contributed by atoms with Gasteiger partial charge >= 0.3 is 17.8 Å². The summed E-state index contributed by atoms with van der Waals surface area (Å²) >= 11 is 1.17. The second-order valence-electron chi connectivity index (χ2n) is 13.1. The largest absolute Gasteiger partial charge is 0.380 e. The van der Waals surface area contributed by atoms with Crippen LogP contribution in [0, 0.1) is 5.92 Å². The van der Waals surface area contributed by atoms with E-state index in [1.54, 1.807) is 48.5 Å². The highest BCUT2D eigenvalue weighted by Crippen LogP contribution is 2.66. The molecule has 2 aromatic carbocycles. The molecule has 0 bridgehead atoms. The summed E-state index contributed by atoms with van der Waals surface area (Å²) in [4.78, 5) is 0.104. The van der Waals surface area contributed by atoms with E-state index in [0.29, 0.717) is 53.8 Å². The molecule has 2 nitrogen and oxygen atoms in total. The van der Waals surface area contributed by atoms with Crippen LogP contribution in [-0.2, 0) is 9.84 Å². The van der Waals surface area contributed by atoms with Gasteiger partial charge in [-0.15, -0.1) is 11.3 Å². The monoisotopic (exact) mass is 688 g/mol. The van der Waals surface area contributed by atoms with Gasteiger partial charge in [0.1, 0.15) is 0 Å². The topological polar surface area (TPSA) is 34.1 Å². The summed E-state index contributed by atoms with van der Waals surface area (Å²) in [7, 11) is -4.48. The maximum absolute atomic E-state index is 16.4. The first kappa shape index (κ1) is 32.4. The van der Waals surface area contributed by atoms with Crippen LogP contribution in [0.25, 0.3) is 20.9 Å². The van der Waals surface area contributed by atoms with E-state index in [2.05, 4.69) is 0 Å². The highest BCUT2D eigenvalue weighted by molar-refractivity contribution is 8.04. The SMILES string of the molecule is O=S1(=O)C(c2ccccc2)=CC(C2=C(c3cc(-c4ccccc4)sc3C3CCCCC3)C(F)(F)C(F)(F)C2(F)F)=C1C1CCCCC1. The summed E-state index contributed by atoms with van der Waals surface area (Å²) in [5.74, 6) is -17.4. The molecule has 0 radical (unpaired) electrons. The van der Waals surface area contributed by atoms with E-state index < -0.39 is 55.1 Å². The number of halogens is 6. The van der Waals surface area contributed by atoms with Gasteiger partial charge in [0.2, 0.25) is 9.84 Å². The van der Waals surface area contributed by atoms with Crippen molar-refractivity contribution in [3.8, 4) is 10.4 Å². The Balaban J connectivity index is 1.57. The minimum atomic E-state index is -5.79. The molecule has 1 aliphatic heterocycles.